The van der Waals surface area contributed by atoms with Crippen LogP contribution in [-0.2, 0) is 6.54 Å². The van der Waals surface area contributed by atoms with Crippen molar-refractivity contribution in [3.63, 3.8) is 0 Å². The van der Waals surface area contributed by atoms with Gasteiger partial charge in [0.05, 0.1) is 0 Å². The molecule has 0 saturated heterocycles. The molecule has 0 atom stereocenters. The Kier molecular flexibility index (Phi) is 4.08. The van der Waals surface area contributed by atoms with Gasteiger partial charge in [-0.2, -0.15) is 5.10 Å². The Hall–Kier alpha value is -1.43. The van der Waals surface area contributed by atoms with Crippen LogP contribution < -0.4 is 5.56 Å². The Morgan fingerprint density at radius 1 is 1.29 bits per heavy atom. The summed E-state index contributed by atoms with van der Waals surface area (Å²) in [6.07, 6.45) is 7.11. The third kappa shape index (κ3) is 3.03. The van der Waals surface area contributed by atoms with E-state index in [9.17, 15) is 4.79 Å². The summed E-state index contributed by atoms with van der Waals surface area (Å²) in [6.45, 7) is 0.646. The third-order valence-electron chi connectivity index (χ3n) is 2.38. The number of nitrogens with zero attached hydrogens (tertiary/aromatic N) is 4. The first-order chi connectivity index (χ1) is 8.31. The van der Waals surface area contributed by atoms with Crippen LogP contribution in [0.5, 0.6) is 0 Å². The minimum atomic E-state index is -0.0663. The van der Waals surface area contributed by atoms with Crippen LogP contribution in [0.25, 0.3) is 5.82 Å². The Labute approximate surface area is 107 Å². The van der Waals surface area contributed by atoms with Crippen molar-refractivity contribution < 1.29 is 0 Å². The Morgan fingerprint density at radius 2 is 2.18 bits per heavy atom. The van der Waals surface area contributed by atoms with Crippen molar-refractivity contribution in [2.75, 3.05) is 5.33 Å². The van der Waals surface area contributed by atoms with Crippen molar-refractivity contribution >= 4 is 15.9 Å². The molecular weight excluding hydrogens is 284 g/mol. The molecule has 0 bridgehead atoms. The molecule has 0 N–H and O–H groups in total. The van der Waals surface area contributed by atoms with Crippen LogP contribution in [0.1, 0.15) is 12.8 Å². The topological polar surface area (TPSA) is 52.7 Å². The van der Waals surface area contributed by atoms with Gasteiger partial charge >= 0.3 is 0 Å². The van der Waals surface area contributed by atoms with Crippen LogP contribution >= 0.6 is 15.9 Å². The van der Waals surface area contributed by atoms with E-state index in [1.807, 2.05) is 0 Å². The summed E-state index contributed by atoms with van der Waals surface area (Å²) in [6, 6.07) is 3.24. The van der Waals surface area contributed by atoms with E-state index >= 15 is 0 Å². The van der Waals surface area contributed by atoms with Crippen LogP contribution in [0.4, 0.5) is 0 Å². The van der Waals surface area contributed by atoms with Gasteiger partial charge in [-0.25, -0.2) is 9.67 Å². The number of alkyl halides is 1. The molecule has 0 spiro atoms. The average Bonchev–Trinajstić information content (AvgIpc) is 2.85. The van der Waals surface area contributed by atoms with E-state index in [0.29, 0.717) is 12.4 Å². The molecule has 2 aromatic rings. The van der Waals surface area contributed by atoms with Gasteiger partial charge in [-0.15, -0.1) is 0 Å². The predicted octanol–water partition coefficient (Wildman–Crippen LogP) is 1.60. The zero-order valence-electron chi connectivity index (χ0n) is 9.29. The van der Waals surface area contributed by atoms with Crippen LogP contribution in [0.3, 0.4) is 0 Å². The first kappa shape index (κ1) is 12.0. The fourth-order valence-electron chi connectivity index (χ4n) is 1.49. The summed E-state index contributed by atoms with van der Waals surface area (Å²) in [4.78, 5) is 15.6. The number of aromatic nitrogens is 4. The fraction of sp³-hybridized carbons (Fsp3) is 0.364. The van der Waals surface area contributed by atoms with Crippen molar-refractivity contribution in [2.24, 2.45) is 0 Å². The smallest absolute Gasteiger partial charge is 0.266 e. The zero-order valence-corrected chi connectivity index (χ0v) is 10.9. The summed E-state index contributed by atoms with van der Waals surface area (Å²) >= 11 is 3.37. The number of imidazole rings is 1. The van der Waals surface area contributed by atoms with E-state index in [2.05, 4.69) is 26.0 Å². The number of halogens is 1. The summed E-state index contributed by atoms with van der Waals surface area (Å²) in [5, 5.41) is 5.25. The minimum Gasteiger partial charge on any atom is -0.289 e. The zero-order chi connectivity index (χ0) is 12.1. The van der Waals surface area contributed by atoms with E-state index in [-0.39, 0.29) is 5.56 Å². The standard InChI is InChI=1S/C11H13BrN4O/c12-5-1-2-7-16-11(17)4-3-10(14-16)15-8-6-13-9-15/h3-4,6,8-9H,1-2,5,7H2. The molecule has 0 fully saturated rings. The number of rotatable bonds is 5. The van der Waals surface area contributed by atoms with Crippen molar-refractivity contribution in [3.05, 3.63) is 41.2 Å². The summed E-state index contributed by atoms with van der Waals surface area (Å²) < 4.78 is 3.28. The van der Waals surface area contributed by atoms with Crippen LogP contribution in [0, 0.1) is 0 Å². The molecular formula is C11H13BrN4O. The predicted molar refractivity (Wildman–Crippen MR) is 68.6 cm³/mol. The van der Waals surface area contributed by atoms with E-state index in [1.54, 1.807) is 29.4 Å². The highest BCUT2D eigenvalue weighted by atomic mass is 79.9. The van der Waals surface area contributed by atoms with Crippen LogP contribution in [0.2, 0.25) is 0 Å². The van der Waals surface area contributed by atoms with Crippen molar-refractivity contribution in [1.82, 2.24) is 19.3 Å². The maximum Gasteiger partial charge on any atom is 0.266 e. The number of hydrogen-bond acceptors (Lipinski definition) is 3. The normalized spacial score (nSPS) is 10.6. The van der Waals surface area contributed by atoms with Crippen LogP contribution in [0.15, 0.2) is 35.6 Å². The van der Waals surface area contributed by atoms with Gasteiger partial charge in [-0.3, -0.25) is 9.36 Å². The Balaban J connectivity index is 2.21. The second kappa shape index (κ2) is 5.77. The van der Waals surface area contributed by atoms with Crippen molar-refractivity contribution in [2.45, 2.75) is 19.4 Å². The SMILES string of the molecule is O=c1ccc(-n2ccnc2)nn1CCCCBr. The third-order valence-corrected chi connectivity index (χ3v) is 2.94. The Morgan fingerprint density at radius 3 is 2.88 bits per heavy atom. The molecule has 2 rings (SSSR count). The van der Waals surface area contributed by atoms with Crippen molar-refractivity contribution in [1.29, 1.82) is 0 Å². The first-order valence-corrected chi connectivity index (χ1v) is 6.56. The second-order valence-corrected chi connectivity index (χ2v) is 4.41. The molecule has 0 amide bonds. The molecule has 2 aromatic heterocycles. The molecule has 0 aliphatic rings. The van der Waals surface area contributed by atoms with Gasteiger partial charge in [0.25, 0.3) is 5.56 Å². The highest BCUT2D eigenvalue weighted by Gasteiger charge is 2.01. The highest BCUT2D eigenvalue weighted by Crippen LogP contribution is 2.01. The highest BCUT2D eigenvalue weighted by molar-refractivity contribution is 9.09. The fourth-order valence-corrected chi connectivity index (χ4v) is 1.88. The van der Waals surface area contributed by atoms with E-state index in [1.165, 1.54) is 10.7 Å². The van der Waals surface area contributed by atoms with Gasteiger partial charge in [0, 0.05) is 30.3 Å². The number of unbranched alkanes of at least 4 members (excludes halogenated alkanes) is 1. The maximum absolute atomic E-state index is 11.6. The summed E-state index contributed by atoms with van der Waals surface area (Å²) in [5.74, 6) is 0.709. The average molecular weight is 297 g/mol. The van der Waals surface area contributed by atoms with Crippen molar-refractivity contribution in [3.8, 4) is 5.82 Å². The monoisotopic (exact) mass is 296 g/mol. The van der Waals surface area contributed by atoms with Gasteiger partial charge < -0.3 is 0 Å². The Bertz CT molecular complexity index is 521. The molecule has 0 aromatic carbocycles. The lowest BCUT2D eigenvalue weighted by Crippen LogP contribution is -2.23. The molecule has 0 radical (unpaired) electrons. The van der Waals surface area contributed by atoms with E-state index in [0.717, 1.165) is 18.2 Å². The molecule has 90 valence electrons. The van der Waals surface area contributed by atoms with Gasteiger partial charge in [-0.05, 0) is 18.9 Å². The molecule has 2 heterocycles. The largest absolute Gasteiger partial charge is 0.289 e. The number of aryl methyl sites for hydroxylation is 1. The molecule has 0 unspecified atom stereocenters. The summed E-state index contributed by atoms with van der Waals surface area (Å²) in [5.41, 5.74) is -0.0663. The number of hydrogen-bond donors (Lipinski definition) is 0. The lowest BCUT2D eigenvalue weighted by atomic mass is 10.3. The molecule has 0 saturated carbocycles. The first-order valence-electron chi connectivity index (χ1n) is 5.44. The molecule has 6 heteroatoms. The maximum atomic E-state index is 11.6. The van der Waals surface area contributed by atoms with E-state index < -0.39 is 0 Å². The minimum absolute atomic E-state index is 0.0663. The lowest BCUT2D eigenvalue weighted by Gasteiger charge is -2.06. The van der Waals surface area contributed by atoms with Gasteiger partial charge in [-0.1, -0.05) is 15.9 Å². The van der Waals surface area contributed by atoms with Crippen LogP contribution in [-0.4, -0.2) is 24.7 Å². The molecule has 0 aliphatic carbocycles. The van der Waals surface area contributed by atoms with Gasteiger partial charge in [0.1, 0.15) is 6.33 Å². The molecule has 5 nitrogen and oxygen atoms in total. The lowest BCUT2D eigenvalue weighted by molar-refractivity contribution is 0.540. The second-order valence-electron chi connectivity index (χ2n) is 3.62. The van der Waals surface area contributed by atoms with Gasteiger partial charge in [0.2, 0.25) is 0 Å². The van der Waals surface area contributed by atoms with E-state index in [4.69, 9.17) is 0 Å². The summed E-state index contributed by atoms with van der Waals surface area (Å²) in [7, 11) is 0. The quantitative estimate of drug-likeness (QED) is 0.622. The molecule has 0 aliphatic heterocycles. The van der Waals surface area contributed by atoms with Gasteiger partial charge in [0.15, 0.2) is 5.82 Å². The molecule has 17 heavy (non-hydrogen) atoms.